The van der Waals surface area contributed by atoms with Gasteiger partial charge < -0.3 is 4.74 Å². The Balaban J connectivity index is 4.36. The van der Waals surface area contributed by atoms with Crippen molar-refractivity contribution in [3.8, 4) is 0 Å². The summed E-state index contributed by atoms with van der Waals surface area (Å²) in [5, 5.41) is 0. The van der Waals surface area contributed by atoms with E-state index in [0.717, 1.165) is 12.8 Å². The summed E-state index contributed by atoms with van der Waals surface area (Å²) in [6.07, 6.45) is 3.92. The number of ether oxygens (including phenoxy) is 1. The molecule has 0 aliphatic heterocycles. The zero-order valence-corrected chi connectivity index (χ0v) is 9.84. The number of methoxy groups -OCH3 is 1. The highest BCUT2D eigenvalue weighted by molar-refractivity contribution is 4.86. The molecule has 3 N–H and O–H groups in total. The van der Waals surface area contributed by atoms with Crippen LogP contribution in [0, 0.1) is 5.41 Å². The van der Waals surface area contributed by atoms with Crippen molar-refractivity contribution in [1.82, 2.24) is 5.43 Å². The third-order valence-corrected chi connectivity index (χ3v) is 2.37. The summed E-state index contributed by atoms with van der Waals surface area (Å²) in [5.41, 5.74) is 2.91. The number of nitrogens with one attached hydrogen (secondary N) is 1. The van der Waals surface area contributed by atoms with Gasteiger partial charge in [0.15, 0.2) is 0 Å². The van der Waals surface area contributed by atoms with Crippen LogP contribution in [0.1, 0.15) is 33.6 Å². The first kappa shape index (κ1) is 13.6. The van der Waals surface area contributed by atoms with Crippen LogP contribution in [0.4, 0.5) is 0 Å². The second-order valence-electron chi connectivity index (χ2n) is 4.66. The molecule has 0 saturated heterocycles. The molecule has 0 aliphatic rings. The molecule has 0 amide bonds. The Morgan fingerprint density at radius 1 is 1.50 bits per heavy atom. The minimum Gasteiger partial charge on any atom is -0.379 e. The van der Waals surface area contributed by atoms with E-state index in [9.17, 15) is 0 Å². The average molecular weight is 200 g/mol. The standard InChI is InChI=1S/C11H24N2O/c1-6-7-8-9(13-12)10(14-5)11(2,3)4/h6,9-10,13H,1,7-8,12H2,2-5H3. The molecule has 2 unspecified atom stereocenters. The second-order valence-corrected chi connectivity index (χ2v) is 4.66. The smallest absolute Gasteiger partial charge is 0.0785 e. The van der Waals surface area contributed by atoms with Gasteiger partial charge in [0.25, 0.3) is 0 Å². The summed E-state index contributed by atoms with van der Waals surface area (Å²) < 4.78 is 5.49. The van der Waals surface area contributed by atoms with Crippen molar-refractivity contribution in [3.05, 3.63) is 12.7 Å². The highest BCUT2D eigenvalue weighted by Crippen LogP contribution is 2.26. The Morgan fingerprint density at radius 2 is 2.07 bits per heavy atom. The molecular weight excluding hydrogens is 176 g/mol. The fourth-order valence-electron chi connectivity index (χ4n) is 1.74. The van der Waals surface area contributed by atoms with E-state index >= 15 is 0 Å². The first-order chi connectivity index (χ1) is 6.47. The number of hydrogen-bond donors (Lipinski definition) is 2. The van der Waals surface area contributed by atoms with Crippen LogP contribution >= 0.6 is 0 Å². The van der Waals surface area contributed by atoms with Crippen LogP contribution in [0.3, 0.4) is 0 Å². The van der Waals surface area contributed by atoms with Crippen LogP contribution in [0.5, 0.6) is 0 Å². The number of hydrazine groups is 1. The van der Waals surface area contributed by atoms with Crippen LogP contribution in [0.15, 0.2) is 12.7 Å². The quantitative estimate of drug-likeness (QED) is 0.391. The first-order valence-corrected chi connectivity index (χ1v) is 5.07. The fraction of sp³-hybridized carbons (Fsp3) is 0.818. The van der Waals surface area contributed by atoms with Gasteiger partial charge in [0.2, 0.25) is 0 Å². The van der Waals surface area contributed by atoms with Gasteiger partial charge in [-0.05, 0) is 18.3 Å². The normalized spacial score (nSPS) is 16.4. The third-order valence-electron chi connectivity index (χ3n) is 2.37. The van der Waals surface area contributed by atoms with Crippen molar-refractivity contribution >= 4 is 0 Å². The van der Waals surface area contributed by atoms with Gasteiger partial charge in [0.05, 0.1) is 6.10 Å². The summed E-state index contributed by atoms with van der Waals surface area (Å²) >= 11 is 0. The van der Waals surface area contributed by atoms with Crippen molar-refractivity contribution in [2.45, 2.75) is 45.8 Å². The Morgan fingerprint density at radius 3 is 2.36 bits per heavy atom. The van der Waals surface area contributed by atoms with Gasteiger partial charge in [0, 0.05) is 13.2 Å². The molecule has 2 atom stereocenters. The topological polar surface area (TPSA) is 47.3 Å². The van der Waals surface area contributed by atoms with Crippen molar-refractivity contribution < 1.29 is 4.74 Å². The molecule has 0 fully saturated rings. The SMILES string of the molecule is C=CCCC(NN)C(OC)C(C)(C)C. The molecule has 84 valence electrons. The highest BCUT2D eigenvalue weighted by atomic mass is 16.5. The molecule has 0 aliphatic carbocycles. The van der Waals surface area contributed by atoms with E-state index in [-0.39, 0.29) is 17.6 Å². The lowest BCUT2D eigenvalue weighted by Gasteiger charge is -2.35. The van der Waals surface area contributed by atoms with Crippen molar-refractivity contribution in [2.75, 3.05) is 7.11 Å². The lowest BCUT2D eigenvalue weighted by Crippen LogP contribution is -2.50. The fourth-order valence-corrected chi connectivity index (χ4v) is 1.74. The first-order valence-electron chi connectivity index (χ1n) is 5.07. The lowest BCUT2D eigenvalue weighted by molar-refractivity contribution is -0.0129. The molecule has 14 heavy (non-hydrogen) atoms. The van der Waals surface area contributed by atoms with Gasteiger partial charge in [-0.25, -0.2) is 0 Å². The average Bonchev–Trinajstić information content (AvgIpc) is 2.09. The molecule has 0 aromatic heterocycles. The number of nitrogens with two attached hydrogens (primary N) is 1. The number of hydrogen-bond acceptors (Lipinski definition) is 3. The van der Waals surface area contributed by atoms with Crippen LogP contribution in [0.25, 0.3) is 0 Å². The Kier molecular flexibility index (Phi) is 6.00. The monoisotopic (exact) mass is 200 g/mol. The van der Waals surface area contributed by atoms with E-state index in [4.69, 9.17) is 10.6 Å². The molecular formula is C11H24N2O. The minimum absolute atomic E-state index is 0.0902. The number of allylic oxidation sites excluding steroid dienone is 1. The summed E-state index contributed by atoms with van der Waals surface area (Å²) in [4.78, 5) is 0. The second kappa shape index (κ2) is 6.17. The maximum atomic E-state index is 5.52. The van der Waals surface area contributed by atoms with Crippen molar-refractivity contribution in [2.24, 2.45) is 11.3 Å². The van der Waals surface area contributed by atoms with E-state index in [0.29, 0.717) is 0 Å². The van der Waals surface area contributed by atoms with E-state index in [1.54, 1.807) is 7.11 Å². The van der Waals surface area contributed by atoms with E-state index in [2.05, 4.69) is 32.8 Å². The number of rotatable bonds is 6. The Bertz CT molecular complexity index is 163. The summed E-state index contributed by atoms with van der Waals surface area (Å²) in [5.74, 6) is 5.52. The van der Waals surface area contributed by atoms with Crippen LogP contribution in [-0.4, -0.2) is 19.3 Å². The molecule has 0 rings (SSSR count). The largest absolute Gasteiger partial charge is 0.379 e. The molecule has 0 bridgehead atoms. The van der Waals surface area contributed by atoms with Gasteiger partial charge in [-0.3, -0.25) is 11.3 Å². The summed E-state index contributed by atoms with van der Waals surface area (Å²) in [6.45, 7) is 10.2. The van der Waals surface area contributed by atoms with Crippen molar-refractivity contribution in [3.63, 3.8) is 0 Å². The van der Waals surface area contributed by atoms with Gasteiger partial charge in [0.1, 0.15) is 0 Å². The molecule has 0 radical (unpaired) electrons. The van der Waals surface area contributed by atoms with Crippen LogP contribution in [-0.2, 0) is 4.74 Å². The van der Waals surface area contributed by atoms with Gasteiger partial charge >= 0.3 is 0 Å². The highest BCUT2D eigenvalue weighted by Gasteiger charge is 2.31. The molecule has 0 aromatic rings. The summed E-state index contributed by atoms with van der Waals surface area (Å²) in [7, 11) is 1.73. The molecule has 0 aromatic carbocycles. The van der Waals surface area contributed by atoms with Gasteiger partial charge in [-0.15, -0.1) is 6.58 Å². The Hall–Kier alpha value is -0.380. The molecule has 0 saturated carbocycles. The predicted molar refractivity (Wildman–Crippen MR) is 60.8 cm³/mol. The van der Waals surface area contributed by atoms with Gasteiger partial charge in [-0.2, -0.15) is 0 Å². The minimum atomic E-state index is 0.0902. The molecule has 0 spiro atoms. The predicted octanol–water partition coefficient (Wildman–Crippen LogP) is 1.85. The van der Waals surface area contributed by atoms with Gasteiger partial charge in [-0.1, -0.05) is 26.8 Å². The van der Waals surface area contributed by atoms with E-state index < -0.39 is 0 Å². The van der Waals surface area contributed by atoms with Crippen molar-refractivity contribution in [1.29, 1.82) is 0 Å². The zero-order chi connectivity index (χ0) is 11.2. The van der Waals surface area contributed by atoms with E-state index in [1.165, 1.54) is 0 Å². The third kappa shape index (κ3) is 4.22. The molecule has 3 heteroatoms. The zero-order valence-electron chi connectivity index (χ0n) is 9.84. The summed E-state index contributed by atoms with van der Waals surface area (Å²) in [6, 6.07) is 0.179. The maximum absolute atomic E-state index is 5.52. The molecule has 3 nitrogen and oxygen atoms in total. The Labute approximate surface area is 87.7 Å². The van der Waals surface area contributed by atoms with E-state index in [1.807, 2.05) is 6.08 Å². The maximum Gasteiger partial charge on any atom is 0.0785 e. The van der Waals surface area contributed by atoms with Crippen LogP contribution in [0.2, 0.25) is 0 Å². The molecule has 0 heterocycles. The van der Waals surface area contributed by atoms with Crippen LogP contribution < -0.4 is 11.3 Å². The lowest BCUT2D eigenvalue weighted by atomic mass is 9.83.